The molecule has 5 N–H and O–H groups in total. The number of ketones is 1. The highest BCUT2D eigenvalue weighted by Gasteiger charge is 2.65. The fraction of sp³-hybridized carbons (Fsp3) is 0.387. The van der Waals surface area contributed by atoms with Crippen molar-refractivity contribution in [1.29, 1.82) is 0 Å². The molecule has 6 rings (SSSR count). The molecule has 0 radical (unpaired) electrons. The molecular formula is C31H33N3O6. The normalized spacial score (nSPS) is 25.6. The van der Waals surface area contributed by atoms with Crippen molar-refractivity contribution in [3.05, 3.63) is 81.3 Å². The van der Waals surface area contributed by atoms with Crippen molar-refractivity contribution in [3.8, 4) is 22.6 Å². The Kier molecular flexibility index (Phi) is 6.31. The molecule has 1 saturated heterocycles. The minimum absolute atomic E-state index is 0.0804. The number of nitrogens with one attached hydrogen (secondary N) is 2. The molecule has 2 fully saturated rings. The monoisotopic (exact) mass is 543 g/mol. The fourth-order valence-electron chi connectivity index (χ4n) is 7.27. The van der Waals surface area contributed by atoms with Gasteiger partial charge in [-0.15, -0.1) is 0 Å². The number of aromatic hydroxyl groups is 2. The number of rotatable bonds is 5. The third-order valence-electron chi connectivity index (χ3n) is 9.35. The third-order valence-corrected chi connectivity index (χ3v) is 9.35. The second kappa shape index (κ2) is 9.60. The highest BCUT2D eigenvalue weighted by Crippen LogP contribution is 2.59. The van der Waals surface area contributed by atoms with Gasteiger partial charge in [0.05, 0.1) is 11.2 Å². The molecule has 2 bridgehead atoms. The number of likely N-dealkylation sites (tertiary alicyclic amines) is 1. The molecule has 0 unspecified atom stereocenters. The summed E-state index contributed by atoms with van der Waals surface area (Å²) in [6.45, 7) is 1.04. The van der Waals surface area contributed by atoms with E-state index >= 15 is 0 Å². The average molecular weight is 544 g/mol. The van der Waals surface area contributed by atoms with Gasteiger partial charge in [-0.25, -0.2) is 0 Å². The number of likely N-dealkylation sites (N-methyl/N-ethyl adjacent to an activating group) is 1. The molecule has 40 heavy (non-hydrogen) atoms. The van der Waals surface area contributed by atoms with Crippen LogP contribution in [0, 0.1) is 0 Å². The number of pyridine rings is 1. The topological polar surface area (TPSA) is 143 Å². The van der Waals surface area contributed by atoms with Gasteiger partial charge < -0.3 is 30.5 Å². The number of aliphatic hydroxyl groups is 1. The van der Waals surface area contributed by atoms with Crippen LogP contribution < -0.4 is 10.9 Å². The first kappa shape index (κ1) is 26.3. The van der Waals surface area contributed by atoms with Gasteiger partial charge in [-0.05, 0) is 62.0 Å². The van der Waals surface area contributed by atoms with E-state index in [9.17, 15) is 29.7 Å². The molecule has 0 spiro atoms. The summed E-state index contributed by atoms with van der Waals surface area (Å²) in [6.07, 6.45) is 3.96. The number of aromatic amines is 1. The number of phenolic OH excluding ortho intramolecular Hbond substituents is 1. The Morgan fingerprint density at radius 2 is 1.90 bits per heavy atom. The zero-order valence-electron chi connectivity index (χ0n) is 22.4. The number of H-pyrrole nitrogens is 1. The Hall–Kier alpha value is -3.95. The number of piperidine rings is 1. The van der Waals surface area contributed by atoms with Crippen molar-refractivity contribution in [3.63, 3.8) is 0 Å². The van der Waals surface area contributed by atoms with Crippen LogP contribution in [0.15, 0.2) is 53.5 Å². The lowest BCUT2D eigenvalue weighted by Crippen LogP contribution is -2.72. The van der Waals surface area contributed by atoms with Gasteiger partial charge in [0.2, 0.25) is 0 Å². The Labute approximate surface area is 231 Å². The first-order chi connectivity index (χ1) is 19.1. The van der Waals surface area contributed by atoms with Crippen LogP contribution in [-0.2, 0) is 23.1 Å². The van der Waals surface area contributed by atoms with Gasteiger partial charge in [0.25, 0.3) is 11.5 Å². The number of carbonyl (C=O) groups is 2. The van der Waals surface area contributed by atoms with Crippen LogP contribution >= 0.6 is 0 Å². The minimum atomic E-state index is -1.13. The van der Waals surface area contributed by atoms with Crippen LogP contribution in [0.1, 0.15) is 52.7 Å². The largest absolute Gasteiger partial charge is 0.507 e. The Morgan fingerprint density at radius 1 is 1.12 bits per heavy atom. The summed E-state index contributed by atoms with van der Waals surface area (Å²) >= 11 is 0. The highest BCUT2D eigenvalue weighted by atomic mass is 16.3. The van der Waals surface area contributed by atoms with Gasteiger partial charge in [-0.3, -0.25) is 14.4 Å². The van der Waals surface area contributed by atoms with Crippen LogP contribution in [0.25, 0.3) is 11.1 Å². The quantitative estimate of drug-likeness (QED) is 0.333. The lowest BCUT2D eigenvalue weighted by molar-refractivity contribution is -0.169. The number of Topliss-reactive ketones (excluding diaryl/α,β-unsaturated/α-hetero) is 1. The van der Waals surface area contributed by atoms with Crippen molar-refractivity contribution >= 4 is 11.7 Å². The van der Waals surface area contributed by atoms with Gasteiger partial charge in [-0.1, -0.05) is 30.3 Å². The van der Waals surface area contributed by atoms with Crippen molar-refractivity contribution in [2.75, 3.05) is 20.1 Å². The predicted octanol–water partition coefficient (Wildman–Crippen LogP) is 2.41. The molecule has 1 amide bonds. The summed E-state index contributed by atoms with van der Waals surface area (Å²) in [5.41, 5.74) is 1.43. The van der Waals surface area contributed by atoms with Crippen molar-refractivity contribution in [1.82, 2.24) is 15.2 Å². The SMILES string of the molecule is CN1CC[C@]23CC(=O)CC[C@@]2(O)[C@H]1Cc1ccc(C(=O)NCCc2ccc(-c4c[nH]c(=O)cc4O)cc2)c(O)c13. The number of hydrogen-bond acceptors (Lipinski definition) is 7. The number of amides is 1. The molecule has 3 atom stereocenters. The van der Waals surface area contributed by atoms with E-state index in [1.165, 1.54) is 6.20 Å². The van der Waals surface area contributed by atoms with Gasteiger partial charge in [-0.2, -0.15) is 0 Å². The van der Waals surface area contributed by atoms with E-state index in [4.69, 9.17) is 0 Å². The highest BCUT2D eigenvalue weighted by molar-refractivity contribution is 5.98. The van der Waals surface area contributed by atoms with Gasteiger partial charge in [0.15, 0.2) is 0 Å². The van der Waals surface area contributed by atoms with Crippen LogP contribution in [0.2, 0.25) is 0 Å². The summed E-state index contributed by atoms with van der Waals surface area (Å²) in [6, 6.07) is 11.9. The fourth-order valence-corrected chi connectivity index (χ4v) is 7.27. The molecule has 9 nitrogen and oxygen atoms in total. The smallest absolute Gasteiger partial charge is 0.255 e. The number of nitrogens with zero attached hydrogens (tertiary/aromatic N) is 1. The number of benzene rings is 2. The van der Waals surface area contributed by atoms with E-state index in [2.05, 4.69) is 15.2 Å². The molecule has 1 aromatic heterocycles. The first-order valence-corrected chi connectivity index (χ1v) is 13.7. The Balaban J connectivity index is 1.20. The van der Waals surface area contributed by atoms with Gasteiger partial charge in [0, 0.05) is 54.2 Å². The van der Waals surface area contributed by atoms with Crippen LogP contribution in [0.4, 0.5) is 0 Å². The lowest BCUT2D eigenvalue weighted by atomic mass is 9.49. The number of fused-ring (bicyclic) bond motifs is 1. The zero-order valence-corrected chi connectivity index (χ0v) is 22.4. The number of phenols is 1. The van der Waals surface area contributed by atoms with Crippen LogP contribution in [0.3, 0.4) is 0 Å². The van der Waals surface area contributed by atoms with E-state index < -0.39 is 16.9 Å². The number of carbonyl (C=O) groups excluding carboxylic acids is 2. The number of aromatic nitrogens is 1. The first-order valence-electron chi connectivity index (χ1n) is 13.7. The Bertz CT molecular complexity index is 1560. The zero-order chi connectivity index (χ0) is 28.2. The van der Waals surface area contributed by atoms with Crippen molar-refractivity contribution in [2.24, 2.45) is 0 Å². The van der Waals surface area contributed by atoms with Gasteiger partial charge in [0.1, 0.15) is 17.3 Å². The maximum Gasteiger partial charge on any atom is 0.255 e. The van der Waals surface area contributed by atoms with Gasteiger partial charge >= 0.3 is 0 Å². The molecule has 2 aliphatic carbocycles. The Morgan fingerprint density at radius 3 is 2.65 bits per heavy atom. The molecule has 1 aliphatic heterocycles. The summed E-state index contributed by atoms with van der Waals surface area (Å²) in [4.78, 5) is 41.9. The predicted molar refractivity (Wildman–Crippen MR) is 149 cm³/mol. The van der Waals surface area contributed by atoms with E-state index in [1.54, 1.807) is 6.07 Å². The second-order valence-electron chi connectivity index (χ2n) is 11.5. The molecule has 1 saturated carbocycles. The molecule has 3 aliphatic rings. The van der Waals surface area contributed by atoms with E-state index in [0.29, 0.717) is 56.3 Å². The van der Waals surface area contributed by atoms with E-state index in [1.807, 2.05) is 37.4 Å². The summed E-state index contributed by atoms with van der Waals surface area (Å²) in [5.74, 6) is -0.555. The van der Waals surface area contributed by atoms with E-state index in [0.717, 1.165) is 22.8 Å². The van der Waals surface area contributed by atoms with Crippen molar-refractivity contribution < 1.29 is 24.9 Å². The van der Waals surface area contributed by atoms with Crippen molar-refractivity contribution in [2.45, 2.75) is 55.6 Å². The van der Waals surface area contributed by atoms with E-state index in [-0.39, 0.29) is 40.9 Å². The second-order valence-corrected chi connectivity index (χ2v) is 11.5. The summed E-state index contributed by atoms with van der Waals surface area (Å²) in [7, 11) is 2.00. The number of hydrogen-bond donors (Lipinski definition) is 5. The van der Waals surface area contributed by atoms with Crippen LogP contribution in [0.5, 0.6) is 11.5 Å². The maximum atomic E-state index is 13.2. The summed E-state index contributed by atoms with van der Waals surface area (Å²) < 4.78 is 0. The lowest BCUT2D eigenvalue weighted by Gasteiger charge is -2.62. The standard InChI is InChI=1S/C31H33N3O6/c1-34-13-11-30-16-21(35)8-10-31(30,40)25(34)14-20-6-7-22(28(38)27(20)30)29(39)32-12-9-18-2-4-19(5-3-18)23-17-33-26(37)15-24(23)36/h2-7,15,17,25,38,40H,8-14,16H2,1H3,(H,32,39)(H2,33,36,37)/t25-,30-,31-/m1/s1. The maximum absolute atomic E-state index is 13.2. The molecule has 2 heterocycles. The minimum Gasteiger partial charge on any atom is -0.507 e. The third kappa shape index (κ3) is 4.03. The molecule has 208 valence electrons. The molecule has 9 heteroatoms. The average Bonchev–Trinajstić information content (AvgIpc) is 2.92. The van der Waals surface area contributed by atoms with Crippen LogP contribution in [-0.4, -0.2) is 68.7 Å². The molecule has 3 aromatic rings. The molecule has 2 aromatic carbocycles. The molecular weight excluding hydrogens is 510 g/mol. The summed E-state index contributed by atoms with van der Waals surface area (Å²) in [5, 5.41) is 36.4.